The second kappa shape index (κ2) is 7.99. The van der Waals surface area contributed by atoms with Crippen molar-refractivity contribution in [1.82, 2.24) is 4.90 Å². The van der Waals surface area contributed by atoms with E-state index in [0.29, 0.717) is 31.2 Å². The highest BCUT2D eigenvalue weighted by Crippen LogP contribution is 2.35. The van der Waals surface area contributed by atoms with Gasteiger partial charge in [-0.2, -0.15) is 0 Å². The Kier molecular flexibility index (Phi) is 5.66. The molecule has 0 unspecified atom stereocenters. The quantitative estimate of drug-likeness (QED) is 0.545. The fourth-order valence-corrected chi connectivity index (χ4v) is 3.44. The monoisotopic (exact) mass is 424 g/mol. The highest BCUT2D eigenvalue weighted by Gasteiger charge is 2.30. The van der Waals surface area contributed by atoms with Crippen LogP contribution in [-0.4, -0.2) is 46.8 Å². The molecule has 0 saturated carbocycles. The number of halogens is 2. The molecule has 1 fully saturated rings. The van der Waals surface area contributed by atoms with Gasteiger partial charge in [0.05, 0.1) is 15.4 Å². The number of hydrogen-bond donors (Lipinski definition) is 0. The minimum Gasteiger partial charge on any atom is -0.368 e. The lowest BCUT2D eigenvalue weighted by Crippen LogP contribution is -2.48. The number of nitro benzene ring substituents is 2. The van der Waals surface area contributed by atoms with Gasteiger partial charge in [-0.3, -0.25) is 25.0 Å². The molecule has 9 nitrogen and oxygen atoms in total. The second-order valence-electron chi connectivity index (χ2n) is 6.10. The van der Waals surface area contributed by atoms with E-state index in [1.807, 2.05) is 18.2 Å². The van der Waals surface area contributed by atoms with Gasteiger partial charge in [0.2, 0.25) is 0 Å². The first-order valence-corrected chi connectivity index (χ1v) is 8.95. The molecule has 0 bridgehead atoms. The zero-order valence-electron chi connectivity index (χ0n) is 14.4. The van der Waals surface area contributed by atoms with Crippen LogP contribution < -0.4 is 4.90 Å². The third kappa shape index (κ3) is 4.00. The Balaban J connectivity index is 1.80. The van der Waals surface area contributed by atoms with Crippen molar-refractivity contribution in [3.63, 3.8) is 0 Å². The summed E-state index contributed by atoms with van der Waals surface area (Å²) in [6, 6.07) is 9.29. The fourth-order valence-electron chi connectivity index (χ4n) is 3.01. The Bertz CT molecular complexity index is 925. The molecule has 1 amide bonds. The summed E-state index contributed by atoms with van der Waals surface area (Å²) in [4.78, 5) is 36.9. The molecule has 0 atom stereocenters. The molecule has 1 aliphatic heterocycles. The zero-order chi connectivity index (χ0) is 20.4. The van der Waals surface area contributed by atoms with E-state index in [2.05, 4.69) is 4.90 Å². The average Bonchev–Trinajstić information content (AvgIpc) is 2.67. The molecule has 0 spiro atoms. The van der Waals surface area contributed by atoms with Crippen molar-refractivity contribution in [2.45, 2.75) is 0 Å². The maximum atomic E-state index is 12.8. The van der Waals surface area contributed by atoms with Crippen molar-refractivity contribution in [1.29, 1.82) is 0 Å². The number of nitro groups is 2. The van der Waals surface area contributed by atoms with Crippen molar-refractivity contribution in [2.24, 2.45) is 0 Å². The lowest BCUT2D eigenvalue weighted by molar-refractivity contribution is -0.393. The molecule has 0 N–H and O–H groups in total. The number of carbonyl (C=O) groups excluding carboxylic acids is 1. The maximum absolute atomic E-state index is 12.8. The molecule has 3 rings (SSSR count). The molecule has 2 aromatic carbocycles. The van der Waals surface area contributed by atoms with Gasteiger partial charge >= 0.3 is 0 Å². The Morgan fingerprint density at radius 1 is 0.929 bits per heavy atom. The standard InChI is InChI=1S/C17H14Cl2N4O5/c18-12-2-1-3-13(10-12)20-4-6-21(7-5-20)17(24)11-8-14(22(25)26)16(19)15(9-11)23(27)28/h1-3,8-10H,4-7H2. The predicted molar refractivity (Wildman–Crippen MR) is 104 cm³/mol. The van der Waals surface area contributed by atoms with Crippen molar-refractivity contribution >= 4 is 46.2 Å². The van der Waals surface area contributed by atoms with Gasteiger partial charge in [0, 0.05) is 49.0 Å². The summed E-state index contributed by atoms with van der Waals surface area (Å²) >= 11 is 11.7. The van der Waals surface area contributed by atoms with Crippen LogP contribution in [0.2, 0.25) is 10.0 Å². The number of amides is 1. The van der Waals surface area contributed by atoms with E-state index in [-0.39, 0.29) is 5.56 Å². The van der Waals surface area contributed by atoms with E-state index < -0.39 is 32.2 Å². The molecule has 2 aromatic rings. The lowest BCUT2D eigenvalue weighted by atomic mass is 10.1. The van der Waals surface area contributed by atoms with Crippen LogP contribution in [0, 0.1) is 20.2 Å². The van der Waals surface area contributed by atoms with E-state index in [9.17, 15) is 25.0 Å². The summed E-state index contributed by atoms with van der Waals surface area (Å²) in [5.41, 5.74) is -0.551. The van der Waals surface area contributed by atoms with Crippen LogP contribution in [0.25, 0.3) is 0 Å². The lowest BCUT2D eigenvalue weighted by Gasteiger charge is -2.36. The minimum absolute atomic E-state index is 0.140. The third-order valence-electron chi connectivity index (χ3n) is 4.41. The maximum Gasteiger partial charge on any atom is 0.295 e. The number of anilines is 1. The first-order chi connectivity index (χ1) is 13.3. The van der Waals surface area contributed by atoms with Crippen LogP contribution in [0.15, 0.2) is 36.4 Å². The second-order valence-corrected chi connectivity index (χ2v) is 6.92. The summed E-state index contributed by atoms with van der Waals surface area (Å²) in [7, 11) is 0. The summed E-state index contributed by atoms with van der Waals surface area (Å²) in [6.07, 6.45) is 0. The van der Waals surface area contributed by atoms with Crippen LogP contribution in [0.5, 0.6) is 0 Å². The van der Waals surface area contributed by atoms with Crippen LogP contribution in [0.3, 0.4) is 0 Å². The number of hydrogen-bond acceptors (Lipinski definition) is 6. The molecule has 1 heterocycles. The molecule has 0 radical (unpaired) electrons. The van der Waals surface area contributed by atoms with Gasteiger partial charge in [0.1, 0.15) is 0 Å². The number of piperazine rings is 1. The van der Waals surface area contributed by atoms with E-state index in [1.165, 1.54) is 4.90 Å². The summed E-state index contributed by atoms with van der Waals surface area (Å²) in [6.45, 7) is 1.78. The van der Waals surface area contributed by atoms with Gasteiger partial charge < -0.3 is 9.80 Å². The van der Waals surface area contributed by atoms with E-state index in [4.69, 9.17) is 23.2 Å². The summed E-state index contributed by atoms with van der Waals surface area (Å²) in [5, 5.41) is 22.3. The van der Waals surface area contributed by atoms with Crippen molar-refractivity contribution in [2.75, 3.05) is 31.1 Å². The Labute approximate surface area is 169 Å². The van der Waals surface area contributed by atoms with Gasteiger partial charge in [-0.25, -0.2) is 0 Å². The van der Waals surface area contributed by atoms with Crippen molar-refractivity contribution < 1.29 is 14.6 Å². The number of rotatable bonds is 4. The molecule has 0 aliphatic carbocycles. The first kappa shape index (κ1) is 19.8. The Hall–Kier alpha value is -2.91. The van der Waals surface area contributed by atoms with Gasteiger partial charge in [-0.05, 0) is 18.2 Å². The van der Waals surface area contributed by atoms with Crippen molar-refractivity contribution in [3.8, 4) is 0 Å². The fraction of sp³-hybridized carbons (Fsp3) is 0.235. The van der Waals surface area contributed by atoms with E-state index in [0.717, 1.165) is 17.8 Å². The Morgan fingerprint density at radius 2 is 1.50 bits per heavy atom. The molecule has 11 heteroatoms. The van der Waals surface area contributed by atoms with Crippen LogP contribution in [0.1, 0.15) is 10.4 Å². The van der Waals surface area contributed by atoms with Gasteiger partial charge in [-0.15, -0.1) is 0 Å². The van der Waals surface area contributed by atoms with E-state index in [1.54, 1.807) is 6.07 Å². The minimum atomic E-state index is -0.844. The number of benzene rings is 2. The van der Waals surface area contributed by atoms with Gasteiger partial charge in [-0.1, -0.05) is 29.3 Å². The normalized spacial score (nSPS) is 14.1. The predicted octanol–water partition coefficient (Wildman–Crippen LogP) is 3.77. The highest BCUT2D eigenvalue weighted by molar-refractivity contribution is 6.35. The smallest absolute Gasteiger partial charge is 0.295 e. The Morgan fingerprint density at radius 3 is 2.00 bits per heavy atom. The number of nitrogens with zero attached hydrogens (tertiary/aromatic N) is 4. The SMILES string of the molecule is O=C(c1cc([N+](=O)[O-])c(Cl)c([N+](=O)[O-])c1)N1CCN(c2cccc(Cl)c2)CC1. The molecule has 1 aliphatic rings. The highest BCUT2D eigenvalue weighted by atomic mass is 35.5. The van der Waals surface area contributed by atoms with E-state index >= 15 is 0 Å². The summed E-state index contributed by atoms with van der Waals surface area (Å²) < 4.78 is 0. The molecule has 146 valence electrons. The van der Waals surface area contributed by atoms with Crippen LogP contribution >= 0.6 is 23.2 Å². The van der Waals surface area contributed by atoms with Crippen LogP contribution in [0.4, 0.5) is 17.1 Å². The largest absolute Gasteiger partial charge is 0.368 e. The molecule has 0 aromatic heterocycles. The van der Waals surface area contributed by atoms with Crippen molar-refractivity contribution in [3.05, 3.63) is 72.2 Å². The third-order valence-corrected chi connectivity index (χ3v) is 5.04. The molecule has 1 saturated heterocycles. The zero-order valence-corrected chi connectivity index (χ0v) is 15.9. The van der Waals surface area contributed by atoms with Gasteiger partial charge in [0.15, 0.2) is 5.02 Å². The molecular weight excluding hydrogens is 411 g/mol. The number of carbonyl (C=O) groups is 1. The topological polar surface area (TPSA) is 110 Å². The molecule has 28 heavy (non-hydrogen) atoms. The van der Waals surface area contributed by atoms with Gasteiger partial charge in [0.25, 0.3) is 17.3 Å². The molecular formula is C17H14Cl2N4O5. The first-order valence-electron chi connectivity index (χ1n) is 8.20. The van der Waals surface area contributed by atoms with Crippen LogP contribution in [-0.2, 0) is 0 Å². The average molecular weight is 425 g/mol. The summed E-state index contributed by atoms with van der Waals surface area (Å²) in [5.74, 6) is -0.520.